The van der Waals surface area contributed by atoms with Crippen LogP contribution in [0.5, 0.6) is 5.75 Å². The van der Waals surface area contributed by atoms with Crippen molar-refractivity contribution in [3.05, 3.63) is 23.3 Å². The van der Waals surface area contributed by atoms with Crippen LogP contribution < -0.4 is 15.5 Å². The summed E-state index contributed by atoms with van der Waals surface area (Å²) < 4.78 is 0. The molecule has 2 aliphatic rings. The van der Waals surface area contributed by atoms with Gasteiger partial charge in [0.2, 0.25) is 5.91 Å². The predicted molar refractivity (Wildman–Crippen MR) is 101 cm³/mol. The minimum atomic E-state index is -1.02. The van der Waals surface area contributed by atoms with Gasteiger partial charge >= 0.3 is 6.03 Å². The first-order chi connectivity index (χ1) is 12.7. The number of rotatable bonds is 4. The lowest BCUT2D eigenvalue weighted by Gasteiger charge is -2.36. The van der Waals surface area contributed by atoms with Crippen LogP contribution in [-0.2, 0) is 9.59 Å². The van der Waals surface area contributed by atoms with E-state index in [0.717, 1.165) is 16.8 Å². The molecule has 27 heavy (non-hydrogen) atoms. The van der Waals surface area contributed by atoms with E-state index in [-0.39, 0.29) is 30.4 Å². The number of anilines is 1. The van der Waals surface area contributed by atoms with Crippen LogP contribution in [0.1, 0.15) is 30.9 Å². The highest BCUT2D eigenvalue weighted by Crippen LogP contribution is 2.28. The van der Waals surface area contributed by atoms with Gasteiger partial charge in [0.1, 0.15) is 11.3 Å². The first-order valence-corrected chi connectivity index (χ1v) is 9.16. The zero-order chi connectivity index (χ0) is 19.8. The zero-order valence-electron chi connectivity index (χ0n) is 16.0. The second-order valence-corrected chi connectivity index (χ2v) is 7.51. The molecule has 1 aromatic rings. The fraction of sp³-hybridized carbons (Fsp3) is 0.526. The Bertz CT molecular complexity index is 763. The molecule has 3 rings (SSSR count). The minimum Gasteiger partial charge on any atom is -0.508 e. The summed E-state index contributed by atoms with van der Waals surface area (Å²) in [4.78, 5) is 39.6. The number of phenolic OH excluding ortho intramolecular Hbond substituents is 1. The van der Waals surface area contributed by atoms with Crippen molar-refractivity contribution in [1.82, 2.24) is 15.5 Å². The van der Waals surface area contributed by atoms with E-state index >= 15 is 0 Å². The van der Waals surface area contributed by atoms with Crippen LogP contribution in [0.15, 0.2) is 12.1 Å². The Balaban J connectivity index is 1.54. The number of imide groups is 1. The molecule has 2 heterocycles. The highest BCUT2D eigenvalue weighted by molar-refractivity contribution is 6.06. The van der Waals surface area contributed by atoms with Crippen LogP contribution in [-0.4, -0.2) is 59.6 Å². The molecule has 4 amide bonds. The van der Waals surface area contributed by atoms with Crippen molar-refractivity contribution in [3.63, 3.8) is 0 Å². The number of piperazine rings is 1. The van der Waals surface area contributed by atoms with Crippen molar-refractivity contribution < 1.29 is 19.5 Å². The number of carbonyl (C=O) groups is 3. The molecule has 0 aromatic heterocycles. The Labute approximate surface area is 158 Å². The van der Waals surface area contributed by atoms with E-state index < -0.39 is 11.6 Å². The van der Waals surface area contributed by atoms with Crippen molar-refractivity contribution in [3.8, 4) is 5.75 Å². The van der Waals surface area contributed by atoms with Crippen LogP contribution in [0.3, 0.4) is 0 Å². The van der Waals surface area contributed by atoms with Crippen LogP contribution in [0.4, 0.5) is 10.5 Å². The molecule has 8 heteroatoms. The Hall–Kier alpha value is -2.77. The standard InChI is InChI=1S/C19H26N4O4/c1-12-10-14(11-15(24)13(12)2)22-6-8-23(9-7-22)16(25)4-5-19(3)17(26)20-18(27)21-19/h10-11,24H,4-9H2,1-3H3,(H2,20,21,26,27). The third-order valence-corrected chi connectivity index (χ3v) is 5.58. The van der Waals surface area contributed by atoms with Crippen molar-refractivity contribution in [1.29, 1.82) is 0 Å². The highest BCUT2D eigenvalue weighted by atomic mass is 16.3. The molecule has 0 bridgehead atoms. The summed E-state index contributed by atoms with van der Waals surface area (Å²) in [5.41, 5.74) is 1.85. The van der Waals surface area contributed by atoms with Crippen molar-refractivity contribution in [2.75, 3.05) is 31.1 Å². The second-order valence-electron chi connectivity index (χ2n) is 7.51. The Kier molecular flexibility index (Phi) is 4.99. The van der Waals surface area contributed by atoms with Crippen molar-refractivity contribution in [2.24, 2.45) is 0 Å². The third-order valence-electron chi connectivity index (χ3n) is 5.58. The molecular weight excluding hydrogens is 348 g/mol. The molecule has 2 fully saturated rings. The fourth-order valence-corrected chi connectivity index (χ4v) is 3.49. The number of benzene rings is 1. The molecule has 0 saturated carbocycles. The number of hydrogen-bond donors (Lipinski definition) is 3. The molecule has 2 saturated heterocycles. The molecule has 1 atom stereocenters. The Morgan fingerprint density at radius 3 is 2.41 bits per heavy atom. The number of phenols is 1. The number of aryl methyl sites for hydroxylation is 1. The molecule has 0 spiro atoms. The SMILES string of the molecule is Cc1cc(N2CCN(C(=O)CCC3(C)NC(=O)NC3=O)CC2)cc(O)c1C. The molecule has 1 aromatic carbocycles. The average Bonchev–Trinajstić information content (AvgIpc) is 2.89. The van der Waals surface area contributed by atoms with Crippen LogP contribution in [0.25, 0.3) is 0 Å². The van der Waals surface area contributed by atoms with Crippen LogP contribution in [0, 0.1) is 13.8 Å². The second kappa shape index (κ2) is 7.09. The third kappa shape index (κ3) is 3.84. The fourth-order valence-electron chi connectivity index (χ4n) is 3.49. The number of aromatic hydroxyl groups is 1. The minimum absolute atomic E-state index is 0.0206. The molecule has 1 unspecified atom stereocenters. The summed E-state index contributed by atoms with van der Waals surface area (Å²) in [6, 6.07) is 3.30. The number of hydrogen-bond acceptors (Lipinski definition) is 5. The first kappa shape index (κ1) is 19.0. The summed E-state index contributed by atoms with van der Waals surface area (Å²) in [5.74, 6) is -0.124. The lowest BCUT2D eigenvalue weighted by Crippen LogP contribution is -2.50. The van der Waals surface area contributed by atoms with E-state index in [1.807, 2.05) is 13.8 Å². The van der Waals surface area contributed by atoms with E-state index in [9.17, 15) is 19.5 Å². The van der Waals surface area contributed by atoms with Crippen LogP contribution in [0.2, 0.25) is 0 Å². The molecule has 8 nitrogen and oxygen atoms in total. The van der Waals surface area contributed by atoms with Gasteiger partial charge in [-0.3, -0.25) is 14.9 Å². The van der Waals surface area contributed by atoms with Gasteiger partial charge in [0.15, 0.2) is 0 Å². The predicted octanol–water partition coefficient (Wildman–Crippen LogP) is 1.04. The summed E-state index contributed by atoms with van der Waals surface area (Å²) in [5, 5.41) is 14.8. The van der Waals surface area contributed by atoms with E-state index in [1.54, 1.807) is 17.9 Å². The van der Waals surface area contributed by atoms with Gasteiger partial charge in [-0.05, 0) is 44.4 Å². The van der Waals surface area contributed by atoms with E-state index in [4.69, 9.17) is 0 Å². The summed E-state index contributed by atoms with van der Waals surface area (Å²) in [7, 11) is 0. The Morgan fingerprint density at radius 2 is 1.85 bits per heavy atom. The maximum absolute atomic E-state index is 12.5. The maximum atomic E-state index is 12.5. The average molecular weight is 374 g/mol. The normalized spacial score (nSPS) is 22.6. The van der Waals surface area contributed by atoms with Gasteiger partial charge in [-0.1, -0.05) is 0 Å². The van der Waals surface area contributed by atoms with Crippen LogP contribution >= 0.6 is 0 Å². The summed E-state index contributed by atoms with van der Waals surface area (Å²) >= 11 is 0. The zero-order valence-corrected chi connectivity index (χ0v) is 16.0. The van der Waals surface area contributed by atoms with Gasteiger partial charge in [-0.15, -0.1) is 0 Å². The molecular formula is C19H26N4O4. The van der Waals surface area contributed by atoms with E-state index in [2.05, 4.69) is 21.6 Å². The van der Waals surface area contributed by atoms with Crippen molar-refractivity contribution in [2.45, 2.75) is 39.2 Å². The van der Waals surface area contributed by atoms with E-state index in [1.165, 1.54) is 0 Å². The molecule has 3 N–H and O–H groups in total. The summed E-state index contributed by atoms with van der Waals surface area (Å²) in [6.45, 7) is 8.02. The van der Waals surface area contributed by atoms with Gasteiger partial charge < -0.3 is 20.2 Å². The monoisotopic (exact) mass is 374 g/mol. The molecule has 146 valence electrons. The quantitative estimate of drug-likeness (QED) is 0.684. The van der Waals surface area contributed by atoms with Gasteiger partial charge in [-0.25, -0.2) is 4.79 Å². The smallest absolute Gasteiger partial charge is 0.322 e. The largest absolute Gasteiger partial charge is 0.508 e. The van der Waals surface area contributed by atoms with Gasteiger partial charge in [0, 0.05) is 44.4 Å². The number of nitrogens with one attached hydrogen (secondary N) is 2. The molecule has 0 radical (unpaired) electrons. The van der Waals surface area contributed by atoms with Gasteiger partial charge in [0.05, 0.1) is 0 Å². The lowest BCUT2D eigenvalue weighted by molar-refractivity contribution is -0.132. The van der Waals surface area contributed by atoms with Gasteiger partial charge in [0.25, 0.3) is 5.91 Å². The van der Waals surface area contributed by atoms with E-state index in [0.29, 0.717) is 26.2 Å². The number of urea groups is 1. The topological polar surface area (TPSA) is 102 Å². The summed E-state index contributed by atoms with van der Waals surface area (Å²) in [6.07, 6.45) is 0.475. The first-order valence-electron chi connectivity index (χ1n) is 9.16. The van der Waals surface area contributed by atoms with Crippen molar-refractivity contribution >= 4 is 23.5 Å². The maximum Gasteiger partial charge on any atom is 0.322 e. The number of nitrogens with zero attached hydrogens (tertiary/aromatic N) is 2. The highest BCUT2D eigenvalue weighted by Gasteiger charge is 2.42. The Morgan fingerprint density at radius 1 is 1.19 bits per heavy atom. The molecule has 0 aliphatic carbocycles. The number of carbonyl (C=O) groups excluding carboxylic acids is 3. The van der Waals surface area contributed by atoms with Gasteiger partial charge in [-0.2, -0.15) is 0 Å². The molecule has 2 aliphatic heterocycles. The number of amides is 4. The lowest BCUT2D eigenvalue weighted by atomic mass is 9.96.